The van der Waals surface area contributed by atoms with Crippen LogP contribution in [0.4, 0.5) is 5.82 Å². The van der Waals surface area contributed by atoms with Crippen LogP contribution >= 0.6 is 23.2 Å². The van der Waals surface area contributed by atoms with Crippen LogP contribution in [0.1, 0.15) is 27.6 Å². The van der Waals surface area contributed by atoms with E-state index in [1.54, 1.807) is 12.1 Å². The summed E-state index contributed by atoms with van der Waals surface area (Å²) in [7, 11) is 1.23. The highest BCUT2D eigenvalue weighted by Gasteiger charge is 2.22. The summed E-state index contributed by atoms with van der Waals surface area (Å²) in [5.41, 5.74) is 0.697. The summed E-state index contributed by atoms with van der Waals surface area (Å²) in [6.07, 6.45) is 3.00. The summed E-state index contributed by atoms with van der Waals surface area (Å²) in [5, 5.41) is 3.23. The van der Waals surface area contributed by atoms with Crippen molar-refractivity contribution in [3.8, 4) is 0 Å². The Labute approximate surface area is 163 Å². The molecule has 0 aliphatic rings. The fraction of sp³-hybridized carbons (Fsp3) is 0.111. The van der Waals surface area contributed by atoms with Gasteiger partial charge in [-0.15, -0.1) is 0 Å². The molecule has 1 amide bonds. The lowest BCUT2D eigenvalue weighted by Gasteiger charge is -2.10. The van der Waals surface area contributed by atoms with Gasteiger partial charge >= 0.3 is 5.97 Å². The highest BCUT2D eigenvalue weighted by atomic mass is 35.5. The number of amides is 1. The average Bonchev–Trinajstić information content (AvgIpc) is 3.05. The Morgan fingerprint density at radius 3 is 2.41 bits per heavy atom. The van der Waals surface area contributed by atoms with Gasteiger partial charge in [0.25, 0.3) is 5.91 Å². The zero-order valence-electron chi connectivity index (χ0n) is 14.2. The largest absolute Gasteiger partial charge is 0.465 e. The number of hydrogen-bond acceptors (Lipinski definition) is 5. The predicted molar refractivity (Wildman–Crippen MR) is 102 cm³/mol. The predicted octanol–water partition coefficient (Wildman–Crippen LogP) is 3.78. The van der Waals surface area contributed by atoms with Crippen LogP contribution in [0.2, 0.25) is 10.0 Å². The maximum absolute atomic E-state index is 13.0. The van der Waals surface area contributed by atoms with E-state index in [9.17, 15) is 14.4 Å². The zero-order chi connectivity index (χ0) is 19.7. The molecule has 0 fully saturated rings. The number of nitrogens with one attached hydrogen (secondary N) is 1. The molecule has 27 heavy (non-hydrogen) atoms. The first-order chi connectivity index (χ1) is 12.8. The van der Waals surface area contributed by atoms with Crippen LogP contribution in [0, 0.1) is 0 Å². The number of aromatic nitrogens is 2. The fourth-order valence-corrected chi connectivity index (χ4v) is 3.29. The molecule has 1 N–H and O–H groups in total. The second-order valence-electron chi connectivity index (χ2n) is 5.57. The second kappa shape index (κ2) is 7.38. The van der Waals surface area contributed by atoms with Crippen molar-refractivity contribution >= 4 is 57.7 Å². The number of methoxy groups -OCH3 is 1. The molecule has 138 valence electrons. The van der Waals surface area contributed by atoms with Gasteiger partial charge in [-0.3, -0.25) is 14.2 Å². The minimum absolute atomic E-state index is 0.0193. The number of hydrogen-bond donors (Lipinski definition) is 1. The molecule has 0 unspecified atom stereocenters. The van der Waals surface area contributed by atoms with Crippen molar-refractivity contribution in [3.63, 3.8) is 0 Å². The van der Waals surface area contributed by atoms with Crippen LogP contribution < -0.4 is 5.32 Å². The van der Waals surface area contributed by atoms with E-state index in [1.807, 2.05) is 0 Å². The molecule has 1 aromatic carbocycles. The average molecular weight is 406 g/mol. The Kier molecular flexibility index (Phi) is 5.16. The molecule has 2 aromatic heterocycles. The third kappa shape index (κ3) is 3.51. The van der Waals surface area contributed by atoms with Crippen molar-refractivity contribution in [3.05, 3.63) is 57.8 Å². The molecule has 9 heteroatoms. The minimum Gasteiger partial charge on any atom is -0.465 e. The Morgan fingerprint density at radius 1 is 1.15 bits per heavy atom. The van der Waals surface area contributed by atoms with Gasteiger partial charge in [0, 0.05) is 24.7 Å². The summed E-state index contributed by atoms with van der Waals surface area (Å²) in [5.74, 6) is -1.05. The summed E-state index contributed by atoms with van der Waals surface area (Å²) in [6, 6.07) is 5.92. The van der Waals surface area contributed by atoms with E-state index in [1.165, 1.54) is 43.1 Å². The van der Waals surface area contributed by atoms with Gasteiger partial charge in [-0.2, -0.15) is 0 Å². The van der Waals surface area contributed by atoms with Gasteiger partial charge < -0.3 is 10.1 Å². The van der Waals surface area contributed by atoms with E-state index >= 15 is 0 Å². The molecule has 3 aromatic rings. The van der Waals surface area contributed by atoms with Crippen molar-refractivity contribution in [1.82, 2.24) is 9.55 Å². The monoisotopic (exact) mass is 405 g/mol. The molecule has 0 bridgehead atoms. The maximum Gasteiger partial charge on any atom is 0.337 e. The number of rotatable bonds is 3. The van der Waals surface area contributed by atoms with Crippen molar-refractivity contribution in [2.75, 3.05) is 12.4 Å². The molecule has 0 saturated heterocycles. The molecule has 0 aliphatic heterocycles. The molecular formula is C18H13Cl2N3O4. The van der Waals surface area contributed by atoms with E-state index in [-0.39, 0.29) is 27.1 Å². The van der Waals surface area contributed by atoms with Crippen LogP contribution in [0.3, 0.4) is 0 Å². The van der Waals surface area contributed by atoms with E-state index in [2.05, 4.69) is 15.0 Å². The van der Waals surface area contributed by atoms with Gasteiger partial charge in [0.2, 0.25) is 5.91 Å². The zero-order valence-corrected chi connectivity index (χ0v) is 15.8. The number of halogens is 2. The molecule has 0 aliphatic carbocycles. The van der Waals surface area contributed by atoms with Gasteiger partial charge in [0.15, 0.2) is 0 Å². The lowest BCUT2D eigenvalue weighted by molar-refractivity contribution is -0.114. The minimum atomic E-state index is -0.616. The number of esters is 1. The Bertz CT molecular complexity index is 1070. The van der Waals surface area contributed by atoms with Gasteiger partial charge in [-0.05, 0) is 24.3 Å². The van der Waals surface area contributed by atoms with Crippen molar-refractivity contribution in [1.29, 1.82) is 0 Å². The van der Waals surface area contributed by atoms with Crippen molar-refractivity contribution in [2.24, 2.45) is 0 Å². The maximum atomic E-state index is 13.0. The number of carbonyl (C=O) groups excluding carboxylic acids is 3. The number of fused-ring (bicyclic) bond motifs is 1. The first-order valence-electron chi connectivity index (χ1n) is 7.69. The molecule has 0 radical (unpaired) electrons. The summed E-state index contributed by atoms with van der Waals surface area (Å²) >= 11 is 12.4. The van der Waals surface area contributed by atoms with Crippen LogP contribution in [0.15, 0.2) is 36.7 Å². The second-order valence-corrected chi connectivity index (χ2v) is 6.39. The smallest absolute Gasteiger partial charge is 0.337 e. The van der Waals surface area contributed by atoms with Gasteiger partial charge in [-0.1, -0.05) is 23.2 Å². The molecule has 0 spiro atoms. The number of nitrogens with zero attached hydrogens (tertiary/aromatic N) is 2. The quantitative estimate of drug-likeness (QED) is 0.669. The normalized spacial score (nSPS) is 10.7. The van der Waals surface area contributed by atoms with Gasteiger partial charge in [-0.25, -0.2) is 9.78 Å². The molecule has 7 nitrogen and oxygen atoms in total. The number of carbonyl (C=O) groups is 3. The first-order valence-corrected chi connectivity index (χ1v) is 8.44. The summed E-state index contributed by atoms with van der Waals surface area (Å²) in [4.78, 5) is 40.1. The molecule has 2 heterocycles. The van der Waals surface area contributed by atoms with Crippen LogP contribution in [0.5, 0.6) is 0 Å². The van der Waals surface area contributed by atoms with Crippen LogP contribution in [-0.4, -0.2) is 34.4 Å². The Balaban J connectivity index is 2.09. The Morgan fingerprint density at radius 2 is 1.81 bits per heavy atom. The SMILES string of the molecule is COC(=O)c1cc(Cl)c(C(=O)n2ccc3c(NC(C)=O)nccc32)c(Cl)c1. The standard InChI is InChI=1S/C18H13Cl2N3O4/c1-9(24)22-16-11-4-6-23(14(11)3-5-21-16)17(25)15-12(19)7-10(8-13(15)20)18(26)27-2/h3-8H,1-2H3,(H,21,22,24). The molecular weight excluding hydrogens is 393 g/mol. The van der Waals surface area contributed by atoms with Gasteiger partial charge in [0.1, 0.15) is 5.82 Å². The van der Waals surface area contributed by atoms with E-state index < -0.39 is 11.9 Å². The highest BCUT2D eigenvalue weighted by molar-refractivity contribution is 6.40. The number of pyridine rings is 1. The highest BCUT2D eigenvalue weighted by Crippen LogP contribution is 2.30. The van der Waals surface area contributed by atoms with E-state index in [0.717, 1.165) is 0 Å². The lowest BCUT2D eigenvalue weighted by Crippen LogP contribution is -2.13. The third-order valence-electron chi connectivity index (χ3n) is 3.81. The number of anilines is 1. The topological polar surface area (TPSA) is 90.3 Å². The van der Waals surface area contributed by atoms with E-state index in [0.29, 0.717) is 16.7 Å². The summed E-state index contributed by atoms with van der Waals surface area (Å²) in [6.45, 7) is 1.37. The number of benzene rings is 1. The van der Waals surface area contributed by atoms with Crippen LogP contribution in [-0.2, 0) is 9.53 Å². The summed E-state index contributed by atoms with van der Waals surface area (Å²) < 4.78 is 5.97. The lowest BCUT2D eigenvalue weighted by atomic mass is 10.1. The third-order valence-corrected chi connectivity index (χ3v) is 4.40. The van der Waals surface area contributed by atoms with Crippen molar-refractivity contribution in [2.45, 2.75) is 6.92 Å². The van der Waals surface area contributed by atoms with Crippen LogP contribution in [0.25, 0.3) is 10.9 Å². The van der Waals surface area contributed by atoms with E-state index in [4.69, 9.17) is 23.2 Å². The number of ether oxygens (including phenoxy) is 1. The molecule has 3 rings (SSSR count). The van der Waals surface area contributed by atoms with Gasteiger partial charge in [0.05, 0.1) is 33.8 Å². The fourth-order valence-electron chi connectivity index (χ4n) is 2.64. The first kappa shape index (κ1) is 18.9. The molecule has 0 atom stereocenters. The molecule has 0 saturated carbocycles. The Hall–Kier alpha value is -2.90. The van der Waals surface area contributed by atoms with Crippen molar-refractivity contribution < 1.29 is 19.1 Å².